The molecule has 12 heteroatoms. The number of rotatable bonds is 10. The maximum Gasteiger partial charge on any atom is 0.303 e. The third kappa shape index (κ3) is 8.54. The molecule has 0 aliphatic carbocycles. The zero-order valence-corrected chi connectivity index (χ0v) is 21.8. The predicted octanol–water partition coefficient (Wildman–Crippen LogP) is 2.21. The lowest BCUT2D eigenvalue weighted by Gasteiger charge is -2.44. The summed E-state index contributed by atoms with van der Waals surface area (Å²) in [6.07, 6.45) is -0.459. The van der Waals surface area contributed by atoms with Crippen molar-refractivity contribution in [3.63, 3.8) is 0 Å². The van der Waals surface area contributed by atoms with Gasteiger partial charge in [0.1, 0.15) is 30.3 Å². The molecule has 1 aliphatic rings. The quantitative estimate of drug-likeness (QED) is 0.203. The van der Waals surface area contributed by atoms with E-state index >= 15 is 0 Å². The second-order valence-corrected chi connectivity index (χ2v) is 8.58. The number of allylic oxidation sites excluding steroid dienone is 1. The van der Waals surface area contributed by atoms with E-state index in [0.29, 0.717) is 11.3 Å². The van der Waals surface area contributed by atoms with Gasteiger partial charge in [-0.05, 0) is 48.6 Å². The Labute approximate surface area is 224 Å². The summed E-state index contributed by atoms with van der Waals surface area (Å²) in [6.45, 7) is 4.37. The van der Waals surface area contributed by atoms with Crippen LogP contribution in [0.4, 0.5) is 0 Å². The molecule has 0 radical (unpaired) electrons. The average Bonchev–Trinajstić information content (AvgIpc) is 3.38. The standard InChI is InChI=1S/C27H29NO11/c1-15(29)28-24-26(37-18(4)32)25(36-17(3)31)23(14-35-16(2)30)39-27(24)38-21-9-7-19(8-10-21)22(33)12-11-20-6-5-13-34-20/h5-13,23-27H,14H2,1-4H3,(H,28,29)/b12-11+/t23-,24+,25+,26-,27-/m1/s1. The van der Waals surface area contributed by atoms with E-state index in [9.17, 15) is 24.0 Å². The van der Waals surface area contributed by atoms with Crippen LogP contribution in [0.25, 0.3) is 6.08 Å². The topological polar surface area (TPSA) is 157 Å². The fraction of sp³-hybridized carbons (Fsp3) is 0.370. The lowest BCUT2D eigenvalue weighted by Crippen LogP contribution is -2.67. The summed E-state index contributed by atoms with van der Waals surface area (Å²) in [7, 11) is 0. The molecular formula is C27H29NO11. The zero-order valence-electron chi connectivity index (χ0n) is 21.8. The number of amides is 1. The van der Waals surface area contributed by atoms with Gasteiger partial charge in [0.15, 0.2) is 18.0 Å². The molecule has 0 spiro atoms. The predicted molar refractivity (Wildman–Crippen MR) is 133 cm³/mol. The Bertz CT molecular complexity index is 1200. The summed E-state index contributed by atoms with van der Waals surface area (Å²) >= 11 is 0. The number of carbonyl (C=O) groups is 5. The van der Waals surface area contributed by atoms with E-state index in [2.05, 4.69) is 5.32 Å². The third-order valence-electron chi connectivity index (χ3n) is 5.40. The van der Waals surface area contributed by atoms with E-state index in [1.807, 2.05) is 0 Å². The molecule has 1 aromatic heterocycles. The van der Waals surface area contributed by atoms with E-state index < -0.39 is 54.5 Å². The van der Waals surface area contributed by atoms with Gasteiger partial charge in [0.25, 0.3) is 0 Å². The Morgan fingerprint density at radius 1 is 0.897 bits per heavy atom. The number of hydrogen-bond donors (Lipinski definition) is 1. The lowest BCUT2D eigenvalue weighted by atomic mass is 9.96. The molecule has 1 saturated heterocycles. The number of benzene rings is 1. The third-order valence-corrected chi connectivity index (χ3v) is 5.40. The first-order chi connectivity index (χ1) is 18.5. The fourth-order valence-electron chi connectivity index (χ4n) is 3.86. The van der Waals surface area contributed by atoms with Gasteiger partial charge in [-0.3, -0.25) is 24.0 Å². The number of esters is 3. The minimum atomic E-state index is -1.27. The molecule has 0 bridgehead atoms. The van der Waals surface area contributed by atoms with Crippen molar-refractivity contribution in [3.05, 3.63) is 60.1 Å². The second-order valence-electron chi connectivity index (χ2n) is 8.58. The number of furan rings is 1. The van der Waals surface area contributed by atoms with Crippen LogP contribution in [0.2, 0.25) is 0 Å². The van der Waals surface area contributed by atoms with Crippen LogP contribution in [0.5, 0.6) is 5.75 Å². The number of hydrogen-bond acceptors (Lipinski definition) is 11. The Morgan fingerprint density at radius 3 is 2.13 bits per heavy atom. The normalized spacial score (nSPS) is 22.5. The number of nitrogens with one attached hydrogen (secondary N) is 1. The number of ketones is 1. The smallest absolute Gasteiger partial charge is 0.303 e. The molecule has 5 atom stereocenters. The fourth-order valence-corrected chi connectivity index (χ4v) is 3.86. The van der Waals surface area contributed by atoms with Gasteiger partial charge >= 0.3 is 17.9 Å². The summed E-state index contributed by atoms with van der Waals surface area (Å²) in [5.74, 6) is -2.05. The molecular weight excluding hydrogens is 514 g/mol. The summed E-state index contributed by atoms with van der Waals surface area (Å²) in [6, 6.07) is 8.38. The van der Waals surface area contributed by atoms with Crippen LogP contribution in [0.15, 0.2) is 53.2 Å². The van der Waals surface area contributed by atoms with Crippen molar-refractivity contribution in [2.24, 2.45) is 0 Å². The van der Waals surface area contributed by atoms with Crippen LogP contribution in [0.1, 0.15) is 43.8 Å². The Balaban J connectivity index is 1.86. The average molecular weight is 544 g/mol. The highest BCUT2D eigenvalue weighted by atomic mass is 16.7. The molecule has 1 aromatic carbocycles. The summed E-state index contributed by atoms with van der Waals surface area (Å²) in [4.78, 5) is 59.8. The summed E-state index contributed by atoms with van der Waals surface area (Å²) in [5, 5.41) is 2.62. The van der Waals surface area contributed by atoms with Gasteiger partial charge in [0.2, 0.25) is 12.2 Å². The van der Waals surface area contributed by atoms with Crippen molar-refractivity contribution in [1.29, 1.82) is 0 Å². The van der Waals surface area contributed by atoms with Crippen molar-refractivity contribution in [2.75, 3.05) is 6.61 Å². The summed E-state index contributed by atoms with van der Waals surface area (Å²) < 4.78 is 33.0. The zero-order chi connectivity index (χ0) is 28.5. The Morgan fingerprint density at radius 2 is 1.56 bits per heavy atom. The highest BCUT2D eigenvalue weighted by Gasteiger charge is 2.51. The lowest BCUT2D eigenvalue weighted by molar-refractivity contribution is -0.257. The molecule has 1 N–H and O–H groups in total. The maximum atomic E-state index is 12.5. The second kappa shape index (κ2) is 13.4. The monoisotopic (exact) mass is 543 g/mol. The minimum absolute atomic E-state index is 0.251. The van der Waals surface area contributed by atoms with Gasteiger partial charge < -0.3 is 33.4 Å². The summed E-state index contributed by atoms with van der Waals surface area (Å²) in [5.41, 5.74) is 0.369. The van der Waals surface area contributed by atoms with E-state index in [4.69, 9.17) is 28.1 Å². The molecule has 1 amide bonds. The van der Waals surface area contributed by atoms with E-state index in [0.717, 1.165) is 13.8 Å². The van der Waals surface area contributed by atoms with Crippen LogP contribution >= 0.6 is 0 Å². The van der Waals surface area contributed by atoms with Gasteiger partial charge in [-0.25, -0.2) is 0 Å². The van der Waals surface area contributed by atoms with Crippen molar-refractivity contribution >= 4 is 35.7 Å². The van der Waals surface area contributed by atoms with Gasteiger partial charge in [-0.15, -0.1) is 0 Å². The first kappa shape index (κ1) is 29.1. The molecule has 2 aromatic rings. The largest absolute Gasteiger partial charge is 0.465 e. The molecule has 2 heterocycles. The van der Waals surface area contributed by atoms with E-state index in [1.54, 1.807) is 18.2 Å². The van der Waals surface area contributed by atoms with Crippen LogP contribution < -0.4 is 10.1 Å². The van der Waals surface area contributed by atoms with Crippen LogP contribution in [0, 0.1) is 0 Å². The molecule has 1 aliphatic heterocycles. The van der Waals surface area contributed by atoms with Crippen LogP contribution in [-0.4, -0.2) is 66.8 Å². The molecule has 12 nitrogen and oxygen atoms in total. The van der Waals surface area contributed by atoms with Crippen molar-refractivity contribution < 1.29 is 52.1 Å². The number of carbonyl (C=O) groups excluding carboxylic acids is 5. The van der Waals surface area contributed by atoms with Crippen molar-refractivity contribution in [1.82, 2.24) is 5.32 Å². The Hall–Kier alpha value is -4.45. The van der Waals surface area contributed by atoms with E-state index in [1.165, 1.54) is 50.5 Å². The van der Waals surface area contributed by atoms with Gasteiger partial charge in [0, 0.05) is 33.3 Å². The Kier molecular flexibility index (Phi) is 9.98. The highest BCUT2D eigenvalue weighted by molar-refractivity contribution is 6.06. The first-order valence-corrected chi connectivity index (χ1v) is 12.0. The van der Waals surface area contributed by atoms with Crippen molar-refractivity contribution in [2.45, 2.75) is 58.3 Å². The van der Waals surface area contributed by atoms with Crippen molar-refractivity contribution in [3.8, 4) is 5.75 Å². The van der Waals surface area contributed by atoms with Gasteiger partial charge in [0.05, 0.1) is 6.26 Å². The van der Waals surface area contributed by atoms with E-state index in [-0.39, 0.29) is 18.1 Å². The molecule has 0 unspecified atom stereocenters. The van der Waals surface area contributed by atoms with Crippen LogP contribution in [0.3, 0.4) is 0 Å². The SMILES string of the molecule is CC(=O)N[C@@H]1[C@H](Oc2ccc(C(=O)/C=C/c3ccco3)cc2)O[C@H](COC(C)=O)[C@H](OC(C)=O)[C@@H]1OC(C)=O. The molecule has 208 valence electrons. The highest BCUT2D eigenvalue weighted by Crippen LogP contribution is 2.29. The molecule has 39 heavy (non-hydrogen) atoms. The molecule has 0 saturated carbocycles. The maximum absolute atomic E-state index is 12.5. The number of ether oxygens (including phenoxy) is 5. The van der Waals surface area contributed by atoms with Gasteiger partial charge in [-0.2, -0.15) is 0 Å². The first-order valence-electron chi connectivity index (χ1n) is 12.0. The van der Waals surface area contributed by atoms with Gasteiger partial charge in [-0.1, -0.05) is 0 Å². The molecule has 1 fully saturated rings. The minimum Gasteiger partial charge on any atom is -0.465 e. The molecule has 3 rings (SSSR count). The van der Waals surface area contributed by atoms with Crippen LogP contribution in [-0.2, 0) is 38.1 Å².